The number of benzene rings is 1. The molecule has 28 heavy (non-hydrogen) atoms. The van der Waals surface area contributed by atoms with Crippen molar-refractivity contribution in [3.63, 3.8) is 0 Å². The van der Waals surface area contributed by atoms with Crippen LogP contribution in [0.25, 0.3) is 11.1 Å². The molecule has 150 valence electrons. The van der Waals surface area contributed by atoms with E-state index in [1.54, 1.807) is 23.7 Å². The van der Waals surface area contributed by atoms with Crippen molar-refractivity contribution in [3.05, 3.63) is 39.6 Å². The largest absolute Gasteiger partial charge is 0.383 e. The number of piperidine rings is 1. The number of nitrogens with zero attached hydrogens (tertiary/aromatic N) is 3. The van der Waals surface area contributed by atoms with Crippen molar-refractivity contribution in [2.45, 2.75) is 31.9 Å². The minimum atomic E-state index is -0.203. The number of nitrogens with two attached hydrogens (primary N) is 2. The molecule has 2 fully saturated rings. The van der Waals surface area contributed by atoms with Crippen LogP contribution >= 0.6 is 11.6 Å². The third-order valence-corrected chi connectivity index (χ3v) is 6.66. The second-order valence-electron chi connectivity index (χ2n) is 7.91. The Morgan fingerprint density at radius 1 is 1.29 bits per heavy atom. The van der Waals surface area contributed by atoms with Crippen molar-refractivity contribution in [1.29, 1.82) is 0 Å². The summed E-state index contributed by atoms with van der Waals surface area (Å²) in [7, 11) is 1.72. The van der Waals surface area contributed by atoms with Gasteiger partial charge in [-0.15, -0.1) is 0 Å². The highest BCUT2D eigenvalue weighted by atomic mass is 35.5. The fourth-order valence-corrected chi connectivity index (χ4v) is 4.66. The summed E-state index contributed by atoms with van der Waals surface area (Å²) in [5.74, 6) is 0.773. The van der Waals surface area contributed by atoms with E-state index in [2.05, 4.69) is 9.88 Å². The van der Waals surface area contributed by atoms with Gasteiger partial charge in [0.2, 0.25) is 5.95 Å². The third-order valence-electron chi connectivity index (χ3n) is 6.33. The van der Waals surface area contributed by atoms with Crippen LogP contribution < -0.4 is 21.9 Å². The molecule has 3 heterocycles. The molecule has 0 amide bonds. The van der Waals surface area contributed by atoms with Gasteiger partial charge in [0.25, 0.3) is 5.56 Å². The van der Waals surface area contributed by atoms with E-state index in [0.29, 0.717) is 28.7 Å². The van der Waals surface area contributed by atoms with Crippen molar-refractivity contribution < 1.29 is 4.74 Å². The van der Waals surface area contributed by atoms with Crippen LogP contribution in [-0.4, -0.2) is 41.4 Å². The number of rotatable bonds is 2. The average Bonchev–Trinajstić information content (AvgIpc) is 2.96. The summed E-state index contributed by atoms with van der Waals surface area (Å²) < 4.78 is 7.35. The van der Waals surface area contributed by atoms with Gasteiger partial charge in [0.1, 0.15) is 5.82 Å². The Bertz CT molecular complexity index is 952. The Labute approximate surface area is 169 Å². The monoisotopic (exact) mass is 403 g/mol. The maximum Gasteiger partial charge on any atom is 0.264 e. The smallest absolute Gasteiger partial charge is 0.264 e. The topological polar surface area (TPSA) is 99.4 Å². The Morgan fingerprint density at radius 3 is 2.57 bits per heavy atom. The number of hydrogen-bond acceptors (Lipinski definition) is 6. The summed E-state index contributed by atoms with van der Waals surface area (Å²) in [4.78, 5) is 19.7. The first kappa shape index (κ1) is 19.2. The predicted octanol–water partition coefficient (Wildman–Crippen LogP) is 2.02. The lowest BCUT2D eigenvalue weighted by atomic mass is 9.73. The van der Waals surface area contributed by atoms with Crippen LogP contribution in [0.3, 0.4) is 0 Å². The molecular formula is C20H26ClN5O2. The quantitative estimate of drug-likeness (QED) is 0.795. The van der Waals surface area contributed by atoms with E-state index in [4.69, 9.17) is 27.8 Å². The van der Waals surface area contributed by atoms with Crippen molar-refractivity contribution >= 4 is 23.4 Å². The van der Waals surface area contributed by atoms with E-state index in [0.717, 1.165) is 25.9 Å². The second-order valence-corrected chi connectivity index (χ2v) is 8.31. The summed E-state index contributed by atoms with van der Waals surface area (Å²) in [6, 6.07) is 7.20. The van der Waals surface area contributed by atoms with Crippen LogP contribution in [0.5, 0.6) is 0 Å². The van der Waals surface area contributed by atoms with E-state index in [1.807, 2.05) is 19.1 Å². The van der Waals surface area contributed by atoms with Crippen molar-refractivity contribution in [2.75, 3.05) is 30.3 Å². The molecule has 1 aromatic heterocycles. The Kier molecular flexibility index (Phi) is 4.85. The van der Waals surface area contributed by atoms with Gasteiger partial charge < -0.3 is 21.1 Å². The van der Waals surface area contributed by atoms with E-state index in [9.17, 15) is 4.79 Å². The molecular weight excluding hydrogens is 378 g/mol. The van der Waals surface area contributed by atoms with E-state index < -0.39 is 0 Å². The number of hydrogen-bond donors (Lipinski definition) is 2. The van der Waals surface area contributed by atoms with Gasteiger partial charge in [-0.1, -0.05) is 29.8 Å². The van der Waals surface area contributed by atoms with Crippen LogP contribution in [-0.2, 0) is 11.8 Å². The molecule has 2 atom stereocenters. The number of anilines is 2. The van der Waals surface area contributed by atoms with Crippen LogP contribution in [0.2, 0.25) is 5.02 Å². The molecule has 8 heteroatoms. The summed E-state index contributed by atoms with van der Waals surface area (Å²) in [6.45, 7) is 4.25. The molecule has 2 saturated heterocycles. The highest BCUT2D eigenvalue weighted by molar-refractivity contribution is 6.33. The standard InChI is InChI=1S/C20H26ClN5O2/c1-12-16(22)20(11-28-12)7-9-26(10-8-20)19-24-17(23)15(18(27)25(19)2)13-5-3-4-6-14(13)21/h3-6,12,16H,7-11,22-23H2,1-2H3/t12-,16+/m0/s1. The molecule has 2 aliphatic rings. The molecule has 0 aliphatic carbocycles. The number of aromatic nitrogens is 2. The maximum atomic E-state index is 13.1. The zero-order valence-electron chi connectivity index (χ0n) is 16.2. The van der Waals surface area contributed by atoms with E-state index in [1.165, 1.54) is 0 Å². The number of ether oxygens (including phenoxy) is 1. The maximum absolute atomic E-state index is 13.1. The molecule has 1 spiro atoms. The van der Waals surface area contributed by atoms with Crippen molar-refractivity contribution in [2.24, 2.45) is 18.2 Å². The van der Waals surface area contributed by atoms with Gasteiger partial charge >= 0.3 is 0 Å². The molecule has 2 aliphatic heterocycles. The summed E-state index contributed by atoms with van der Waals surface area (Å²) in [5.41, 5.74) is 13.4. The molecule has 0 bridgehead atoms. The van der Waals surface area contributed by atoms with Crippen molar-refractivity contribution in [3.8, 4) is 11.1 Å². The van der Waals surface area contributed by atoms with E-state index >= 15 is 0 Å². The molecule has 4 N–H and O–H groups in total. The predicted molar refractivity (Wildman–Crippen MR) is 112 cm³/mol. The van der Waals surface area contributed by atoms with Gasteiger partial charge in [-0.25, -0.2) is 0 Å². The molecule has 0 saturated carbocycles. The highest BCUT2D eigenvalue weighted by Gasteiger charge is 2.47. The third kappa shape index (κ3) is 2.98. The van der Waals surface area contributed by atoms with Gasteiger partial charge in [-0.2, -0.15) is 4.98 Å². The molecule has 1 aromatic carbocycles. The van der Waals surface area contributed by atoms with Crippen LogP contribution in [0.4, 0.5) is 11.8 Å². The minimum Gasteiger partial charge on any atom is -0.383 e. The Hall–Kier alpha value is -2.09. The summed E-state index contributed by atoms with van der Waals surface area (Å²) >= 11 is 6.27. The Balaban J connectivity index is 1.64. The summed E-state index contributed by atoms with van der Waals surface area (Å²) in [6.07, 6.45) is 1.89. The highest BCUT2D eigenvalue weighted by Crippen LogP contribution is 2.41. The molecule has 0 radical (unpaired) electrons. The molecule has 4 rings (SSSR count). The Morgan fingerprint density at radius 2 is 1.96 bits per heavy atom. The SMILES string of the molecule is C[C@@H]1OCC2(CCN(c3nc(N)c(-c4ccccc4Cl)c(=O)n3C)CC2)[C@@H]1N. The lowest BCUT2D eigenvalue weighted by molar-refractivity contribution is 0.0973. The van der Waals surface area contributed by atoms with Crippen LogP contribution in [0, 0.1) is 5.41 Å². The number of halogens is 1. The minimum absolute atomic E-state index is 0.0117. The van der Waals surface area contributed by atoms with Crippen LogP contribution in [0.1, 0.15) is 19.8 Å². The van der Waals surface area contributed by atoms with Gasteiger partial charge in [0.15, 0.2) is 0 Å². The van der Waals surface area contributed by atoms with E-state index in [-0.39, 0.29) is 28.9 Å². The van der Waals surface area contributed by atoms with Gasteiger partial charge in [-0.05, 0) is 25.8 Å². The fourth-order valence-electron chi connectivity index (χ4n) is 4.43. The first-order valence-corrected chi connectivity index (χ1v) is 9.95. The zero-order chi connectivity index (χ0) is 20.1. The van der Waals surface area contributed by atoms with Crippen LogP contribution in [0.15, 0.2) is 29.1 Å². The van der Waals surface area contributed by atoms with Crippen molar-refractivity contribution in [1.82, 2.24) is 9.55 Å². The number of nitrogen functional groups attached to an aromatic ring is 1. The normalized spacial score (nSPS) is 24.1. The first-order valence-electron chi connectivity index (χ1n) is 9.57. The van der Waals surface area contributed by atoms with Gasteiger partial charge in [0, 0.05) is 42.2 Å². The molecule has 2 aromatic rings. The first-order chi connectivity index (χ1) is 13.3. The lowest BCUT2D eigenvalue weighted by Crippen LogP contribution is -2.51. The molecule has 0 unspecified atom stereocenters. The van der Waals surface area contributed by atoms with Gasteiger partial charge in [-0.3, -0.25) is 9.36 Å². The zero-order valence-corrected chi connectivity index (χ0v) is 16.9. The second kappa shape index (κ2) is 7.06. The van der Waals surface area contributed by atoms with Gasteiger partial charge in [0.05, 0.1) is 18.3 Å². The fraction of sp³-hybridized carbons (Fsp3) is 0.500. The summed E-state index contributed by atoms with van der Waals surface area (Å²) in [5, 5.41) is 0.477. The lowest BCUT2D eigenvalue weighted by Gasteiger charge is -2.41. The molecule has 7 nitrogen and oxygen atoms in total. The average molecular weight is 404 g/mol.